The van der Waals surface area contributed by atoms with Gasteiger partial charge in [0.1, 0.15) is 11.6 Å². The van der Waals surface area contributed by atoms with Crippen LogP contribution in [0.4, 0.5) is 11.4 Å². The van der Waals surface area contributed by atoms with Crippen LogP contribution in [0.25, 0.3) is 0 Å². The van der Waals surface area contributed by atoms with Crippen LogP contribution in [0.3, 0.4) is 0 Å². The molecule has 3 aromatic carbocycles. The van der Waals surface area contributed by atoms with Gasteiger partial charge < -0.3 is 5.32 Å². The summed E-state index contributed by atoms with van der Waals surface area (Å²) in [7, 11) is 0. The molecule has 33 heavy (non-hydrogen) atoms. The highest BCUT2D eigenvalue weighted by Crippen LogP contribution is 2.33. The van der Waals surface area contributed by atoms with Crippen molar-refractivity contribution in [2.24, 2.45) is 0 Å². The third-order valence-electron chi connectivity index (χ3n) is 5.66. The predicted octanol–water partition coefficient (Wildman–Crippen LogP) is 4.06. The van der Waals surface area contributed by atoms with E-state index in [0.29, 0.717) is 5.69 Å². The second-order valence-corrected chi connectivity index (χ2v) is 7.95. The summed E-state index contributed by atoms with van der Waals surface area (Å²) >= 11 is 0. The molecule has 8 nitrogen and oxygen atoms in total. The first-order valence-electron chi connectivity index (χ1n) is 10.3. The first kappa shape index (κ1) is 21.9. The Morgan fingerprint density at radius 1 is 1.00 bits per heavy atom. The van der Waals surface area contributed by atoms with Crippen LogP contribution in [0.2, 0.25) is 0 Å². The van der Waals surface area contributed by atoms with Crippen molar-refractivity contribution in [1.29, 1.82) is 0 Å². The Hall–Kier alpha value is -4.33. The summed E-state index contributed by atoms with van der Waals surface area (Å²) in [6, 6.07) is 17.3. The molecule has 0 aromatic heterocycles. The summed E-state index contributed by atoms with van der Waals surface area (Å²) in [6.45, 7) is 3.73. The van der Waals surface area contributed by atoms with E-state index >= 15 is 0 Å². The standard InChI is InChI=1S/C25H21N3O5/c1-15-11-12-16(2)19(13-15)26-23(29)21(14-17-7-4-3-5-8-17)27-24(30)18-9-6-10-20(28(32)33)22(18)25(27)31/h3-13,21H,14H2,1-2H3,(H,26,29)/t21-/m0/s1. The summed E-state index contributed by atoms with van der Waals surface area (Å²) in [4.78, 5) is 51.5. The molecule has 0 saturated carbocycles. The number of nitro groups is 1. The molecular formula is C25H21N3O5. The largest absolute Gasteiger partial charge is 0.324 e. The third-order valence-corrected chi connectivity index (χ3v) is 5.66. The van der Waals surface area contributed by atoms with Gasteiger partial charge in [0.15, 0.2) is 0 Å². The van der Waals surface area contributed by atoms with Crippen molar-refractivity contribution < 1.29 is 19.3 Å². The van der Waals surface area contributed by atoms with Crippen LogP contribution in [0.1, 0.15) is 37.4 Å². The van der Waals surface area contributed by atoms with E-state index in [-0.39, 0.29) is 17.5 Å². The van der Waals surface area contributed by atoms with Gasteiger partial charge in [-0.25, -0.2) is 0 Å². The van der Waals surface area contributed by atoms with E-state index in [1.165, 1.54) is 18.2 Å². The SMILES string of the molecule is Cc1ccc(C)c(NC(=O)[C@H](Cc2ccccc2)N2C(=O)c3cccc([N+](=O)[O-])c3C2=O)c1. The van der Waals surface area contributed by atoms with Gasteiger partial charge in [-0.1, -0.05) is 48.5 Å². The van der Waals surface area contributed by atoms with Crippen molar-refractivity contribution in [3.63, 3.8) is 0 Å². The molecule has 3 amide bonds. The number of nitrogens with one attached hydrogen (secondary N) is 1. The molecule has 1 N–H and O–H groups in total. The maximum absolute atomic E-state index is 13.4. The predicted molar refractivity (Wildman–Crippen MR) is 122 cm³/mol. The number of nitrogens with zero attached hydrogens (tertiary/aromatic N) is 2. The molecule has 1 aliphatic heterocycles. The van der Waals surface area contributed by atoms with Gasteiger partial charge in [-0.2, -0.15) is 0 Å². The lowest BCUT2D eigenvalue weighted by atomic mass is 10.0. The molecule has 166 valence electrons. The van der Waals surface area contributed by atoms with Crippen LogP contribution in [0, 0.1) is 24.0 Å². The zero-order valence-electron chi connectivity index (χ0n) is 18.1. The molecule has 0 unspecified atom stereocenters. The molecule has 0 bridgehead atoms. The lowest BCUT2D eigenvalue weighted by Crippen LogP contribution is -2.48. The van der Waals surface area contributed by atoms with Gasteiger partial charge in [-0.3, -0.25) is 29.4 Å². The molecule has 0 fully saturated rings. The van der Waals surface area contributed by atoms with Gasteiger partial charge >= 0.3 is 0 Å². The number of benzene rings is 3. The van der Waals surface area contributed by atoms with Crippen LogP contribution >= 0.6 is 0 Å². The maximum atomic E-state index is 13.4. The zero-order valence-corrected chi connectivity index (χ0v) is 18.1. The van der Waals surface area contributed by atoms with E-state index in [4.69, 9.17) is 0 Å². The first-order chi connectivity index (χ1) is 15.8. The molecule has 0 spiro atoms. The summed E-state index contributed by atoms with van der Waals surface area (Å²) in [5, 5.41) is 14.3. The number of hydrogen-bond donors (Lipinski definition) is 1. The lowest BCUT2D eigenvalue weighted by molar-refractivity contribution is -0.385. The quantitative estimate of drug-likeness (QED) is 0.351. The molecule has 3 aromatic rings. The molecule has 8 heteroatoms. The minimum Gasteiger partial charge on any atom is -0.324 e. The number of imide groups is 1. The summed E-state index contributed by atoms with van der Waals surface area (Å²) < 4.78 is 0. The van der Waals surface area contributed by atoms with Crippen LogP contribution in [0.5, 0.6) is 0 Å². The Morgan fingerprint density at radius 3 is 2.42 bits per heavy atom. The monoisotopic (exact) mass is 443 g/mol. The van der Waals surface area contributed by atoms with Gasteiger partial charge in [0.2, 0.25) is 5.91 Å². The molecular weight excluding hydrogens is 422 g/mol. The minimum absolute atomic E-state index is 0.0663. The fraction of sp³-hybridized carbons (Fsp3) is 0.160. The van der Waals surface area contributed by atoms with Crippen molar-refractivity contribution in [2.45, 2.75) is 26.3 Å². The Morgan fingerprint density at radius 2 is 1.73 bits per heavy atom. The normalized spacial score (nSPS) is 13.6. The number of carbonyl (C=O) groups excluding carboxylic acids is 3. The lowest BCUT2D eigenvalue weighted by Gasteiger charge is -2.26. The van der Waals surface area contributed by atoms with Crippen molar-refractivity contribution in [3.05, 3.63) is 105 Å². The Balaban J connectivity index is 1.75. The molecule has 4 rings (SSSR count). The van der Waals surface area contributed by atoms with Gasteiger partial charge in [-0.15, -0.1) is 0 Å². The highest BCUT2D eigenvalue weighted by Gasteiger charge is 2.46. The second-order valence-electron chi connectivity index (χ2n) is 7.95. The van der Waals surface area contributed by atoms with E-state index in [1.807, 2.05) is 32.0 Å². The topological polar surface area (TPSA) is 110 Å². The van der Waals surface area contributed by atoms with Gasteiger partial charge in [0.05, 0.1) is 10.5 Å². The minimum atomic E-state index is -1.20. The van der Waals surface area contributed by atoms with Crippen LogP contribution < -0.4 is 5.32 Å². The molecule has 1 heterocycles. The number of hydrogen-bond acceptors (Lipinski definition) is 5. The highest BCUT2D eigenvalue weighted by atomic mass is 16.6. The van der Waals surface area contributed by atoms with E-state index in [0.717, 1.165) is 21.6 Å². The van der Waals surface area contributed by atoms with Crippen molar-refractivity contribution in [1.82, 2.24) is 4.90 Å². The Kier molecular flexibility index (Phi) is 5.74. The van der Waals surface area contributed by atoms with E-state index < -0.39 is 34.4 Å². The molecule has 1 aliphatic rings. The second kappa shape index (κ2) is 8.66. The maximum Gasteiger partial charge on any atom is 0.282 e. The average Bonchev–Trinajstić information content (AvgIpc) is 3.05. The number of nitro benzene ring substituents is 1. The van der Waals surface area contributed by atoms with Crippen LogP contribution in [-0.4, -0.2) is 33.6 Å². The fourth-order valence-corrected chi connectivity index (χ4v) is 3.95. The summed E-state index contributed by atoms with van der Waals surface area (Å²) in [5.74, 6) is -2.13. The van der Waals surface area contributed by atoms with E-state index in [1.54, 1.807) is 30.3 Å². The van der Waals surface area contributed by atoms with Crippen LogP contribution in [-0.2, 0) is 11.2 Å². The smallest absolute Gasteiger partial charge is 0.282 e. The zero-order chi connectivity index (χ0) is 23.7. The Bertz CT molecular complexity index is 1290. The number of amides is 3. The number of anilines is 1. The van der Waals surface area contributed by atoms with E-state index in [2.05, 4.69) is 5.32 Å². The molecule has 0 radical (unpaired) electrons. The molecule has 0 aliphatic carbocycles. The molecule has 0 saturated heterocycles. The number of rotatable bonds is 6. The average molecular weight is 443 g/mol. The first-order valence-corrected chi connectivity index (χ1v) is 10.3. The van der Waals surface area contributed by atoms with Crippen molar-refractivity contribution in [3.8, 4) is 0 Å². The number of aryl methyl sites for hydroxylation is 2. The van der Waals surface area contributed by atoms with E-state index in [9.17, 15) is 24.5 Å². The Labute approximate surface area is 190 Å². The van der Waals surface area contributed by atoms with Gasteiger partial charge in [-0.05, 0) is 42.7 Å². The summed E-state index contributed by atoms with van der Waals surface area (Å²) in [6.07, 6.45) is 0.0663. The molecule has 1 atom stereocenters. The van der Waals surface area contributed by atoms with Crippen molar-refractivity contribution in [2.75, 3.05) is 5.32 Å². The van der Waals surface area contributed by atoms with Gasteiger partial charge in [0, 0.05) is 18.2 Å². The number of fused-ring (bicyclic) bond motifs is 1. The number of carbonyl (C=O) groups is 3. The van der Waals surface area contributed by atoms with Crippen LogP contribution in [0.15, 0.2) is 66.7 Å². The third kappa shape index (κ3) is 4.10. The summed E-state index contributed by atoms with van der Waals surface area (Å²) in [5.41, 5.74) is 2.25. The fourth-order valence-electron chi connectivity index (χ4n) is 3.95. The highest BCUT2D eigenvalue weighted by molar-refractivity contribution is 6.25. The van der Waals surface area contributed by atoms with Gasteiger partial charge in [0.25, 0.3) is 17.5 Å². The van der Waals surface area contributed by atoms with Crippen molar-refractivity contribution >= 4 is 29.1 Å².